The van der Waals surface area contributed by atoms with Crippen LogP contribution in [0.4, 0.5) is 4.39 Å². The van der Waals surface area contributed by atoms with Gasteiger partial charge in [0.05, 0.1) is 12.8 Å². The number of hydrogen-bond donors (Lipinski definition) is 0. The van der Waals surface area contributed by atoms with E-state index in [0.717, 1.165) is 42.1 Å². The Balaban J connectivity index is 1.84. The molecule has 3 rings (SSSR count). The Bertz CT molecular complexity index is 1040. The number of aromatic nitrogens is 2. The van der Waals surface area contributed by atoms with E-state index in [9.17, 15) is 9.18 Å². The molecule has 0 aliphatic heterocycles. The van der Waals surface area contributed by atoms with Crippen molar-refractivity contribution in [1.29, 1.82) is 0 Å². The molecule has 0 fully saturated rings. The first-order valence-corrected chi connectivity index (χ1v) is 11.5. The van der Waals surface area contributed by atoms with E-state index in [0.29, 0.717) is 18.1 Å². The number of nitrogens with zero attached hydrogens (tertiary/aromatic N) is 3. The van der Waals surface area contributed by atoms with Crippen molar-refractivity contribution < 1.29 is 13.9 Å². The molecule has 0 aliphatic carbocycles. The Hall–Kier alpha value is -3.28. The van der Waals surface area contributed by atoms with Crippen LogP contribution in [0, 0.1) is 18.7 Å². The van der Waals surface area contributed by atoms with Crippen molar-refractivity contribution in [2.45, 2.75) is 46.1 Å². The first-order chi connectivity index (χ1) is 15.9. The number of amides is 1. The molecule has 2 unspecified atom stereocenters. The van der Waals surface area contributed by atoms with Crippen molar-refractivity contribution in [2.75, 3.05) is 13.7 Å². The van der Waals surface area contributed by atoms with Gasteiger partial charge in [0.25, 0.3) is 5.91 Å². The minimum atomic E-state index is -0.396. The van der Waals surface area contributed by atoms with Crippen LogP contribution in [0.15, 0.2) is 61.1 Å². The lowest BCUT2D eigenvalue weighted by Gasteiger charge is -2.34. The second-order valence-electron chi connectivity index (χ2n) is 8.35. The van der Waals surface area contributed by atoms with Crippen LogP contribution in [0.3, 0.4) is 0 Å². The number of halogens is 1. The maximum Gasteiger partial charge on any atom is 0.254 e. The second-order valence-corrected chi connectivity index (χ2v) is 8.35. The summed E-state index contributed by atoms with van der Waals surface area (Å²) in [6, 6.07) is 12.7. The van der Waals surface area contributed by atoms with E-state index in [4.69, 9.17) is 4.74 Å². The fourth-order valence-corrected chi connectivity index (χ4v) is 4.28. The zero-order valence-electron chi connectivity index (χ0n) is 19.8. The summed E-state index contributed by atoms with van der Waals surface area (Å²) in [5.41, 5.74) is 3.58. The lowest BCUT2D eigenvalue weighted by atomic mass is 9.91. The molecule has 0 bridgehead atoms. The highest BCUT2D eigenvalue weighted by atomic mass is 19.1. The smallest absolute Gasteiger partial charge is 0.254 e. The van der Waals surface area contributed by atoms with E-state index in [-0.39, 0.29) is 17.9 Å². The van der Waals surface area contributed by atoms with Crippen molar-refractivity contribution in [2.24, 2.45) is 5.92 Å². The molecule has 2 heterocycles. The number of carbonyl (C=O) groups is 1. The molecule has 0 saturated carbocycles. The Labute approximate surface area is 195 Å². The van der Waals surface area contributed by atoms with Gasteiger partial charge in [0, 0.05) is 43.0 Å². The lowest BCUT2D eigenvalue weighted by molar-refractivity contribution is 0.0604. The molecule has 6 heteroatoms. The number of carbonyl (C=O) groups excluding carboxylic acids is 1. The molecule has 0 spiro atoms. The van der Waals surface area contributed by atoms with Crippen LogP contribution in [0.25, 0.3) is 11.1 Å². The fourth-order valence-electron chi connectivity index (χ4n) is 4.28. The van der Waals surface area contributed by atoms with E-state index in [1.54, 1.807) is 12.4 Å². The van der Waals surface area contributed by atoms with Crippen LogP contribution in [0.5, 0.6) is 5.88 Å². The van der Waals surface area contributed by atoms with Gasteiger partial charge in [-0.05, 0) is 55.2 Å². The number of ether oxygens (including phenoxy) is 1. The van der Waals surface area contributed by atoms with Crippen LogP contribution in [0.1, 0.15) is 49.0 Å². The molecule has 1 aromatic carbocycles. The summed E-state index contributed by atoms with van der Waals surface area (Å²) in [6.07, 6.45) is 7.29. The topological polar surface area (TPSA) is 55.3 Å². The average molecular weight is 450 g/mol. The Kier molecular flexibility index (Phi) is 8.52. The van der Waals surface area contributed by atoms with E-state index < -0.39 is 5.82 Å². The molecule has 5 nitrogen and oxygen atoms in total. The summed E-state index contributed by atoms with van der Waals surface area (Å²) in [5, 5.41) is 0. The summed E-state index contributed by atoms with van der Waals surface area (Å²) in [6.45, 7) is 6.62. The highest BCUT2D eigenvalue weighted by Crippen LogP contribution is 2.28. The lowest BCUT2D eigenvalue weighted by Crippen LogP contribution is -2.43. The molecular formula is C27H32FN3O2. The Morgan fingerprint density at radius 1 is 1.12 bits per heavy atom. The molecule has 33 heavy (non-hydrogen) atoms. The predicted molar refractivity (Wildman–Crippen MR) is 129 cm³/mol. The summed E-state index contributed by atoms with van der Waals surface area (Å²) in [4.78, 5) is 23.7. The first kappa shape index (κ1) is 24.4. The number of pyridine rings is 2. The van der Waals surface area contributed by atoms with Gasteiger partial charge in [-0.15, -0.1) is 0 Å². The summed E-state index contributed by atoms with van der Waals surface area (Å²) in [5.74, 6) is 0.0979. The van der Waals surface area contributed by atoms with Gasteiger partial charge in [0.15, 0.2) is 0 Å². The zero-order valence-corrected chi connectivity index (χ0v) is 19.8. The fraction of sp³-hybridized carbons (Fsp3) is 0.370. The Morgan fingerprint density at radius 2 is 1.88 bits per heavy atom. The maximum atomic E-state index is 13.7. The largest absolute Gasteiger partial charge is 0.477 e. The summed E-state index contributed by atoms with van der Waals surface area (Å²) in [7, 11) is 1.87. The van der Waals surface area contributed by atoms with Gasteiger partial charge in [-0.1, -0.05) is 38.0 Å². The molecule has 0 N–H and O–H groups in total. The third-order valence-corrected chi connectivity index (χ3v) is 5.98. The molecule has 0 aliphatic rings. The quantitative estimate of drug-likeness (QED) is 0.385. The number of aryl methyl sites for hydroxylation is 1. The number of hydrogen-bond acceptors (Lipinski definition) is 4. The first-order valence-electron chi connectivity index (χ1n) is 11.5. The minimum absolute atomic E-state index is 0.0105. The molecule has 2 atom stereocenters. The third-order valence-electron chi connectivity index (χ3n) is 5.98. The van der Waals surface area contributed by atoms with Crippen LogP contribution >= 0.6 is 0 Å². The van der Waals surface area contributed by atoms with E-state index in [1.165, 1.54) is 12.1 Å². The van der Waals surface area contributed by atoms with Gasteiger partial charge in [-0.3, -0.25) is 9.78 Å². The van der Waals surface area contributed by atoms with Gasteiger partial charge < -0.3 is 9.64 Å². The van der Waals surface area contributed by atoms with Gasteiger partial charge >= 0.3 is 0 Å². The normalized spacial score (nSPS) is 12.8. The van der Waals surface area contributed by atoms with E-state index >= 15 is 0 Å². The zero-order chi connectivity index (χ0) is 23.8. The molecule has 0 saturated heterocycles. The SMILES string of the molecule is CCCC(COc1ccc(F)cn1)C(CC)N(C)C(=O)c1cc(C)ccc1-c1ccncc1. The van der Waals surface area contributed by atoms with Crippen LogP contribution in [-0.2, 0) is 0 Å². The van der Waals surface area contributed by atoms with Crippen molar-refractivity contribution in [3.05, 3.63) is 78.0 Å². The Morgan fingerprint density at radius 3 is 2.52 bits per heavy atom. The van der Waals surface area contributed by atoms with Crippen molar-refractivity contribution >= 4 is 5.91 Å². The van der Waals surface area contributed by atoms with Gasteiger partial charge in [-0.25, -0.2) is 9.37 Å². The standard InChI is InChI=1S/C27H32FN3O2/c1-5-7-21(18-33-26-11-9-22(28)17-30-26)25(6-2)31(4)27(32)24-16-19(3)8-10-23(24)20-12-14-29-15-13-20/h8-17,21,25H,5-7,18H2,1-4H3. The monoisotopic (exact) mass is 449 g/mol. The highest BCUT2D eigenvalue weighted by molar-refractivity contribution is 6.01. The van der Waals surface area contributed by atoms with Crippen LogP contribution in [0.2, 0.25) is 0 Å². The van der Waals surface area contributed by atoms with Gasteiger partial charge in [0.1, 0.15) is 5.82 Å². The third kappa shape index (κ3) is 6.15. The predicted octanol–water partition coefficient (Wildman–Crippen LogP) is 5.94. The van der Waals surface area contributed by atoms with Gasteiger partial charge in [0.2, 0.25) is 5.88 Å². The second kappa shape index (κ2) is 11.5. The number of rotatable bonds is 10. The van der Waals surface area contributed by atoms with Crippen molar-refractivity contribution in [3.63, 3.8) is 0 Å². The average Bonchev–Trinajstić information content (AvgIpc) is 2.84. The summed E-state index contributed by atoms with van der Waals surface area (Å²) >= 11 is 0. The molecule has 174 valence electrons. The number of benzene rings is 1. The van der Waals surface area contributed by atoms with Crippen molar-refractivity contribution in [1.82, 2.24) is 14.9 Å². The minimum Gasteiger partial charge on any atom is -0.477 e. The highest BCUT2D eigenvalue weighted by Gasteiger charge is 2.29. The molecule has 0 radical (unpaired) electrons. The van der Waals surface area contributed by atoms with E-state index in [2.05, 4.69) is 23.8 Å². The van der Waals surface area contributed by atoms with E-state index in [1.807, 2.05) is 49.2 Å². The molecule has 1 amide bonds. The van der Waals surface area contributed by atoms with Crippen LogP contribution in [-0.4, -0.2) is 40.5 Å². The molecule has 2 aromatic heterocycles. The summed E-state index contributed by atoms with van der Waals surface area (Å²) < 4.78 is 19.0. The van der Waals surface area contributed by atoms with Crippen molar-refractivity contribution in [3.8, 4) is 17.0 Å². The van der Waals surface area contributed by atoms with Gasteiger partial charge in [-0.2, -0.15) is 0 Å². The molecular weight excluding hydrogens is 417 g/mol. The molecule has 3 aromatic rings. The maximum absolute atomic E-state index is 13.7. The van der Waals surface area contributed by atoms with Crippen LogP contribution < -0.4 is 4.74 Å².